The molecular weight excluding hydrogens is 252 g/mol. The Bertz CT molecular complexity index is 351. The molecule has 0 aromatic rings. The van der Waals surface area contributed by atoms with Crippen molar-refractivity contribution in [2.24, 2.45) is 5.92 Å². The quantitative estimate of drug-likeness (QED) is 0.753. The van der Waals surface area contributed by atoms with E-state index in [1.807, 2.05) is 6.92 Å². The summed E-state index contributed by atoms with van der Waals surface area (Å²) in [6.45, 7) is 6.48. The van der Waals surface area contributed by atoms with Gasteiger partial charge in [0.1, 0.15) is 5.60 Å². The second-order valence-corrected chi connectivity index (χ2v) is 5.48. The Kier molecular flexibility index (Phi) is 4.92. The van der Waals surface area contributed by atoms with Crippen LogP contribution in [0.25, 0.3) is 0 Å². The molecule has 6 nitrogen and oxygen atoms in total. The van der Waals surface area contributed by atoms with Crippen molar-refractivity contribution in [3.8, 4) is 0 Å². The van der Waals surface area contributed by atoms with Crippen molar-refractivity contribution >= 4 is 11.9 Å². The lowest BCUT2D eigenvalue weighted by atomic mass is 10.0. The Morgan fingerprint density at radius 2 is 2.05 bits per heavy atom. The third-order valence-electron chi connectivity index (χ3n) is 3.10. The summed E-state index contributed by atoms with van der Waals surface area (Å²) in [5.41, 5.74) is -0.886. The summed E-state index contributed by atoms with van der Waals surface area (Å²) >= 11 is 0. The monoisotopic (exact) mass is 274 g/mol. The summed E-state index contributed by atoms with van der Waals surface area (Å²) in [5, 5.41) is 9.67. The molecule has 0 aliphatic carbocycles. The summed E-state index contributed by atoms with van der Waals surface area (Å²) in [6, 6.07) is 0. The first-order chi connectivity index (χ1) is 8.67. The van der Waals surface area contributed by atoms with E-state index in [0.29, 0.717) is 6.42 Å². The number of ether oxygens (including phenoxy) is 3. The Labute approximate surface area is 113 Å². The van der Waals surface area contributed by atoms with Crippen molar-refractivity contribution < 1.29 is 28.9 Å². The number of esters is 2. The van der Waals surface area contributed by atoms with Gasteiger partial charge in [0.05, 0.1) is 12.5 Å². The minimum absolute atomic E-state index is 0.116. The van der Waals surface area contributed by atoms with Gasteiger partial charge in [0.25, 0.3) is 0 Å². The molecule has 1 fully saturated rings. The molecule has 0 radical (unpaired) electrons. The minimum atomic E-state index is -1.29. The highest BCUT2D eigenvalue weighted by Crippen LogP contribution is 2.33. The molecule has 0 spiro atoms. The molecule has 1 aliphatic heterocycles. The van der Waals surface area contributed by atoms with Crippen LogP contribution < -0.4 is 0 Å². The molecule has 0 amide bonds. The average molecular weight is 274 g/mol. The van der Waals surface area contributed by atoms with Gasteiger partial charge < -0.3 is 19.3 Å². The molecule has 1 saturated heterocycles. The highest BCUT2D eigenvalue weighted by molar-refractivity contribution is 5.77. The Hall–Kier alpha value is -1.14. The van der Waals surface area contributed by atoms with E-state index < -0.39 is 29.9 Å². The van der Waals surface area contributed by atoms with Gasteiger partial charge >= 0.3 is 11.9 Å². The topological polar surface area (TPSA) is 82.1 Å². The highest BCUT2D eigenvalue weighted by Gasteiger charge is 2.45. The molecule has 1 heterocycles. The van der Waals surface area contributed by atoms with Gasteiger partial charge in [0, 0.05) is 6.42 Å². The highest BCUT2D eigenvalue weighted by atomic mass is 16.7. The van der Waals surface area contributed by atoms with Crippen LogP contribution >= 0.6 is 0 Å². The zero-order valence-electron chi connectivity index (χ0n) is 11.9. The first-order valence-corrected chi connectivity index (χ1v) is 6.42. The van der Waals surface area contributed by atoms with Gasteiger partial charge in [-0.15, -0.1) is 0 Å². The minimum Gasteiger partial charge on any atom is -0.454 e. The lowest BCUT2D eigenvalue weighted by Crippen LogP contribution is -2.35. The lowest BCUT2D eigenvalue weighted by Gasteiger charge is -2.23. The fourth-order valence-electron chi connectivity index (χ4n) is 1.91. The van der Waals surface area contributed by atoms with Crippen LogP contribution in [0.3, 0.4) is 0 Å². The van der Waals surface area contributed by atoms with Crippen LogP contribution in [0.2, 0.25) is 0 Å². The summed E-state index contributed by atoms with van der Waals surface area (Å²) in [6.07, 6.45) is 0.841. The largest absolute Gasteiger partial charge is 0.454 e. The zero-order valence-corrected chi connectivity index (χ0v) is 11.9. The van der Waals surface area contributed by atoms with Gasteiger partial charge in [0.15, 0.2) is 12.4 Å². The van der Waals surface area contributed by atoms with E-state index in [0.717, 1.165) is 0 Å². The van der Waals surface area contributed by atoms with Crippen molar-refractivity contribution in [2.45, 2.75) is 51.9 Å². The second-order valence-electron chi connectivity index (χ2n) is 5.48. The van der Waals surface area contributed by atoms with Crippen LogP contribution in [-0.4, -0.2) is 41.6 Å². The number of hydrogen-bond acceptors (Lipinski definition) is 6. The van der Waals surface area contributed by atoms with E-state index in [1.165, 1.54) is 6.92 Å². The Morgan fingerprint density at radius 1 is 1.42 bits per heavy atom. The van der Waals surface area contributed by atoms with Crippen molar-refractivity contribution in [1.82, 2.24) is 0 Å². The number of aliphatic hydroxyl groups is 1. The summed E-state index contributed by atoms with van der Waals surface area (Å²) in [7, 11) is 0. The molecule has 110 valence electrons. The second kappa shape index (κ2) is 5.88. The normalized spacial score (nSPS) is 31.8. The van der Waals surface area contributed by atoms with Crippen LogP contribution in [-0.2, 0) is 23.8 Å². The maximum Gasteiger partial charge on any atom is 0.344 e. The van der Waals surface area contributed by atoms with Gasteiger partial charge in [-0.3, -0.25) is 4.79 Å². The predicted molar refractivity (Wildman–Crippen MR) is 66.1 cm³/mol. The maximum atomic E-state index is 11.6. The molecule has 0 bridgehead atoms. The van der Waals surface area contributed by atoms with E-state index in [-0.39, 0.29) is 18.9 Å². The summed E-state index contributed by atoms with van der Waals surface area (Å²) in [5.74, 6) is -2.58. The number of hydrogen-bond donors (Lipinski definition) is 1. The molecule has 3 atom stereocenters. The fraction of sp³-hybridized carbons (Fsp3) is 0.846. The molecule has 3 unspecified atom stereocenters. The molecule has 0 saturated carbocycles. The third kappa shape index (κ3) is 4.80. The Morgan fingerprint density at radius 3 is 2.53 bits per heavy atom. The number of carbonyl (C=O) groups excluding carboxylic acids is 2. The van der Waals surface area contributed by atoms with E-state index in [2.05, 4.69) is 0 Å². The predicted octanol–water partition coefficient (Wildman–Crippen LogP) is 1.01. The summed E-state index contributed by atoms with van der Waals surface area (Å²) in [4.78, 5) is 23.0. The molecule has 19 heavy (non-hydrogen) atoms. The molecule has 1 N–H and O–H groups in total. The van der Waals surface area contributed by atoms with E-state index >= 15 is 0 Å². The van der Waals surface area contributed by atoms with Crippen molar-refractivity contribution in [2.75, 3.05) is 13.2 Å². The molecule has 0 aromatic heterocycles. The molecule has 0 aromatic carbocycles. The van der Waals surface area contributed by atoms with Crippen LogP contribution in [0.1, 0.15) is 40.5 Å². The van der Waals surface area contributed by atoms with E-state index in [1.54, 1.807) is 13.8 Å². The van der Waals surface area contributed by atoms with Crippen molar-refractivity contribution in [3.05, 3.63) is 0 Å². The fourth-order valence-corrected chi connectivity index (χ4v) is 1.91. The number of rotatable bonds is 5. The van der Waals surface area contributed by atoms with Gasteiger partial charge in [-0.25, -0.2) is 4.79 Å². The van der Waals surface area contributed by atoms with Gasteiger partial charge in [-0.1, -0.05) is 13.8 Å². The third-order valence-corrected chi connectivity index (χ3v) is 3.10. The maximum absolute atomic E-state index is 11.6. The van der Waals surface area contributed by atoms with Gasteiger partial charge in [0.2, 0.25) is 0 Å². The first-order valence-electron chi connectivity index (χ1n) is 6.42. The van der Waals surface area contributed by atoms with Gasteiger partial charge in [-0.05, 0) is 20.3 Å². The SMILES string of the molecule is CCC(C)C(=O)OCC(=O)OC1(C)COC(C)(O)C1. The zero-order chi connectivity index (χ0) is 14.7. The Balaban J connectivity index is 2.38. The van der Waals surface area contributed by atoms with E-state index in [4.69, 9.17) is 14.2 Å². The molecular formula is C13H22O6. The summed E-state index contributed by atoms with van der Waals surface area (Å²) < 4.78 is 15.2. The van der Waals surface area contributed by atoms with Crippen LogP contribution in [0, 0.1) is 5.92 Å². The lowest BCUT2D eigenvalue weighted by molar-refractivity contribution is -0.170. The average Bonchev–Trinajstić information content (AvgIpc) is 2.59. The standard InChI is InChI=1S/C13H22O6/c1-5-9(2)11(15)17-6-10(14)19-12(3)7-13(4,16)18-8-12/h9,16H,5-8H2,1-4H3. The van der Waals surface area contributed by atoms with Crippen LogP contribution in [0.15, 0.2) is 0 Å². The smallest absolute Gasteiger partial charge is 0.344 e. The van der Waals surface area contributed by atoms with Crippen molar-refractivity contribution in [3.63, 3.8) is 0 Å². The molecule has 1 aliphatic rings. The van der Waals surface area contributed by atoms with Crippen molar-refractivity contribution in [1.29, 1.82) is 0 Å². The molecule has 6 heteroatoms. The van der Waals surface area contributed by atoms with Crippen LogP contribution in [0.5, 0.6) is 0 Å². The van der Waals surface area contributed by atoms with Crippen LogP contribution in [0.4, 0.5) is 0 Å². The number of carbonyl (C=O) groups is 2. The van der Waals surface area contributed by atoms with Gasteiger partial charge in [-0.2, -0.15) is 0 Å². The first kappa shape index (κ1) is 15.9. The van der Waals surface area contributed by atoms with E-state index in [9.17, 15) is 14.7 Å². The molecule has 1 rings (SSSR count).